The van der Waals surface area contributed by atoms with E-state index in [2.05, 4.69) is 19.2 Å². The lowest BCUT2D eigenvalue weighted by atomic mass is 9.93. The fourth-order valence-corrected chi connectivity index (χ4v) is 1.77. The van der Waals surface area contributed by atoms with Crippen LogP contribution in [0.15, 0.2) is 0 Å². The third-order valence-electron chi connectivity index (χ3n) is 2.78. The molecule has 3 amide bonds. The summed E-state index contributed by atoms with van der Waals surface area (Å²) < 4.78 is 0. The number of carboxylic acids is 1. The van der Waals surface area contributed by atoms with Crippen molar-refractivity contribution in [3.63, 3.8) is 0 Å². The molecule has 1 rings (SSSR count). The van der Waals surface area contributed by atoms with Crippen LogP contribution >= 0.6 is 0 Å². The van der Waals surface area contributed by atoms with Crippen molar-refractivity contribution in [2.75, 3.05) is 13.1 Å². The summed E-state index contributed by atoms with van der Waals surface area (Å²) in [6.07, 6.45) is 0.479. The SMILES string of the molecule is CC1(C)CCN(C(=O)NC(=O)CCC(=O)O)C1. The van der Waals surface area contributed by atoms with Gasteiger partial charge in [0.1, 0.15) is 0 Å². The molecule has 6 heteroatoms. The van der Waals surface area contributed by atoms with Gasteiger partial charge in [-0.1, -0.05) is 13.8 Å². The van der Waals surface area contributed by atoms with Crippen LogP contribution < -0.4 is 5.32 Å². The largest absolute Gasteiger partial charge is 0.481 e. The van der Waals surface area contributed by atoms with Crippen molar-refractivity contribution < 1.29 is 19.5 Å². The summed E-state index contributed by atoms with van der Waals surface area (Å²) in [5.74, 6) is -1.59. The molecule has 96 valence electrons. The number of carboxylic acid groups (broad SMARTS) is 1. The van der Waals surface area contributed by atoms with Crippen molar-refractivity contribution in [1.82, 2.24) is 10.2 Å². The lowest BCUT2D eigenvalue weighted by Crippen LogP contribution is -2.42. The van der Waals surface area contributed by atoms with Gasteiger partial charge in [0, 0.05) is 19.5 Å². The van der Waals surface area contributed by atoms with Crippen LogP contribution in [0.3, 0.4) is 0 Å². The number of carbonyl (C=O) groups excluding carboxylic acids is 2. The van der Waals surface area contributed by atoms with E-state index in [-0.39, 0.29) is 18.3 Å². The van der Waals surface area contributed by atoms with E-state index in [9.17, 15) is 14.4 Å². The first-order chi connectivity index (χ1) is 7.80. The summed E-state index contributed by atoms with van der Waals surface area (Å²) in [6, 6.07) is -0.425. The Morgan fingerprint density at radius 1 is 1.29 bits per heavy atom. The Morgan fingerprint density at radius 3 is 2.41 bits per heavy atom. The van der Waals surface area contributed by atoms with Gasteiger partial charge < -0.3 is 10.0 Å². The van der Waals surface area contributed by atoms with Gasteiger partial charge in [0.25, 0.3) is 0 Å². The van der Waals surface area contributed by atoms with Crippen LogP contribution in [0.5, 0.6) is 0 Å². The molecule has 0 radical (unpaired) electrons. The maximum absolute atomic E-state index is 11.6. The van der Waals surface area contributed by atoms with Crippen molar-refractivity contribution in [3.05, 3.63) is 0 Å². The molecule has 0 atom stereocenters. The summed E-state index contributed by atoms with van der Waals surface area (Å²) in [5, 5.41) is 10.6. The summed E-state index contributed by atoms with van der Waals surface area (Å²) in [5.41, 5.74) is 0.0848. The van der Waals surface area contributed by atoms with Gasteiger partial charge in [-0.15, -0.1) is 0 Å². The molecule has 1 fully saturated rings. The van der Waals surface area contributed by atoms with Crippen molar-refractivity contribution in [2.24, 2.45) is 5.41 Å². The molecule has 2 N–H and O–H groups in total. The number of nitrogens with zero attached hydrogens (tertiary/aromatic N) is 1. The number of imide groups is 1. The van der Waals surface area contributed by atoms with Crippen LogP contribution in [-0.4, -0.2) is 41.0 Å². The van der Waals surface area contributed by atoms with Gasteiger partial charge in [-0.3, -0.25) is 14.9 Å². The number of urea groups is 1. The first kappa shape index (κ1) is 13.5. The van der Waals surface area contributed by atoms with Crippen LogP contribution in [0.2, 0.25) is 0 Å². The zero-order chi connectivity index (χ0) is 13.1. The molecule has 1 aliphatic heterocycles. The maximum atomic E-state index is 11.6. The highest BCUT2D eigenvalue weighted by Gasteiger charge is 2.32. The number of hydrogen-bond acceptors (Lipinski definition) is 3. The summed E-state index contributed by atoms with van der Waals surface area (Å²) >= 11 is 0. The molecular formula is C11H18N2O4. The molecule has 6 nitrogen and oxygen atoms in total. The van der Waals surface area contributed by atoms with Gasteiger partial charge in [0.2, 0.25) is 5.91 Å². The smallest absolute Gasteiger partial charge is 0.324 e. The van der Waals surface area contributed by atoms with E-state index in [1.54, 1.807) is 4.90 Å². The van der Waals surface area contributed by atoms with Crippen molar-refractivity contribution in [1.29, 1.82) is 0 Å². The number of rotatable bonds is 3. The predicted molar refractivity (Wildman–Crippen MR) is 60.4 cm³/mol. The zero-order valence-electron chi connectivity index (χ0n) is 10.2. The van der Waals surface area contributed by atoms with Gasteiger partial charge in [-0.05, 0) is 11.8 Å². The van der Waals surface area contributed by atoms with Crippen LogP contribution in [-0.2, 0) is 9.59 Å². The third-order valence-corrected chi connectivity index (χ3v) is 2.78. The van der Waals surface area contributed by atoms with Gasteiger partial charge in [-0.25, -0.2) is 4.79 Å². The van der Waals surface area contributed by atoms with Gasteiger partial charge in [-0.2, -0.15) is 0 Å². The first-order valence-electron chi connectivity index (χ1n) is 5.61. The van der Waals surface area contributed by atoms with E-state index in [1.807, 2.05) is 0 Å². The monoisotopic (exact) mass is 242 g/mol. The quantitative estimate of drug-likeness (QED) is 0.767. The number of nitrogens with one attached hydrogen (secondary N) is 1. The van der Waals surface area contributed by atoms with E-state index in [4.69, 9.17) is 5.11 Å². The molecule has 0 aromatic rings. The van der Waals surface area contributed by atoms with Gasteiger partial charge in [0.15, 0.2) is 0 Å². The van der Waals surface area contributed by atoms with Crippen LogP contribution in [0.25, 0.3) is 0 Å². The van der Waals surface area contributed by atoms with E-state index in [1.165, 1.54) is 0 Å². The van der Waals surface area contributed by atoms with Crippen LogP contribution in [0.4, 0.5) is 4.79 Å². The molecule has 0 aromatic heterocycles. The molecule has 0 aromatic carbocycles. The first-order valence-corrected chi connectivity index (χ1v) is 5.61. The molecule has 0 spiro atoms. The highest BCUT2D eigenvalue weighted by molar-refractivity contribution is 5.95. The van der Waals surface area contributed by atoms with E-state index in [0.29, 0.717) is 13.1 Å². The molecule has 0 saturated carbocycles. The average molecular weight is 242 g/mol. The van der Waals surface area contributed by atoms with Crippen LogP contribution in [0.1, 0.15) is 33.1 Å². The minimum absolute atomic E-state index is 0.0848. The third kappa shape index (κ3) is 4.42. The lowest BCUT2D eigenvalue weighted by Gasteiger charge is -2.19. The summed E-state index contributed by atoms with van der Waals surface area (Å²) in [7, 11) is 0. The molecule has 1 aliphatic rings. The van der Waals surface area contributed by atoms with Gasteiger partial charge in [0.05, 0.1) is 6.42 Å². The van der Waals surface area contributed by atoms with E-state index >= 15 is 0 Å². The average Bonchev–Trinajstić information content (AvgIpc) is 2.56. The number of hydrogen-bond donors (Lipinski definition) is 2. The Bertz CT molecular complexity index is 338. The molecule has 0 bridgehead atoms. The number of aliphatic carboxylic acids is 1. The molecule has 0 unspecified atom stereocenters. The number of amides is 3. The highest BCUT2D eigenvalue weighted by atomic mass is 16.4. The highest BCUT2D eigenvalue weighted by Crippen LogP contribution is 2.28. The summed E-state index contributed by atoms with van der Waals surface area (Å²) in [4.78, 5) is 34.7. The van der Waals surface area contributed by atoms with Crippen molar-refractivity contribution in [3.8, 4) is 0 Å². The van der Waals surface area contributed by atoms with E-state index in [0.717, 1.165) is 6.42 Å². The Kier molecular flexibility index (Phi) is 4.09. The predicted octanol–water partition coefficient (Wildman–Crippen LogP) is 0.819. The van der Waals surface area contributed by atoms with Crippen molar-refractivity contribution >= 4 is 17.9 Å². The zero-order valence-corrected chi connectivity index (χ0v) is 10.2. The van der Waals surface area contributed by atoms with Gasteiger partial charge >= 0.3 is 12.0 Å². The molecule has 0 aliphatic carbocycles. The fraction of sp³-hybridized carbons (Fsp3) is 0.727. The normalized spacial score (nSPS) is 17.9. The second kappa shape index (κ2) is 5.16. The van der Waals surface area contributed by atoms with E-state index < -0.39 is 17.9 Å². The number of likely N-dealkylation sites (tertiary alicyclic amines) is 1. The van der Waals surface area contributed by atoms with Crippen molar-refractivity contribution in [2.45, 2.75) is 33.1 Å². The molecular weight excluding hydrogens is 224 g/mol. The topological polar surface area (TPSA) is 86.7 Å². The summed E-state index contributed by atoms with van der Waals surface area (Å²) in [6.45, 7) is 5.37. The Hall–Kier alpha value is -1.59. The lowest BCUT2D eigenvalue weighted by molar-refractivity contribution is -0.138. The second-order valence-electron chi connectivity index (χ2n) is 5.08. The second-order valence-corrected chi connectivity index (χ2v) is 5.08. The standard InChI is InChI=1S/C11H18N2O4/c1-11(2)5-6-13(7-11)10(17)12-8(14)3-4-9(15)16/h3-7H2,1-2H3,(H,15,16)(H,12,14,17). The molecule has 1 heterocycles. The number of carbonyl (C=O) groups is 3. The minimum atomic E-state index is -1.05. The molecule has 1 saturated heterocycles. The van der Waals surface area contributed by atoms with Crippen LogP contribution in [0, 0.1) is 5.41 Å². The minimum Gasteiger partial charge on any atom is -0.481 e. The fourth-order valence-electron chi connectivity index (χ4n) is 1.77. The Balaban J connectivity index is 2.35. The Morgan fingerprint density at radius 2 is 1.94 bits per heavy atom. The maximum Gasteiger partial charge on any atom is 0.324 e. The Labute approximate surface area is 100.0 Å². The molecule has 17 heavy (non-hydrogen) atoms.